The summed E-state index contributed by atoms with van der Waals surface area (Å²) >= 11 is 3.12. The van der Waals surface area contributed by atoms with E-state index in [-0.39, 0.29) is 11.5 Å². The third-order valence-electron chi connectivity index (χ3n) is 3.79. The number of rotatable bonds is 6. The molecule has 0 aliphatic heterocycles. The van der Waals surface area contributed by atoms with Crippen molar-refractivity contribution in [2.24, 2.45) is 11.8 Å². The van der Waals surface area contributed by atoms with Crippen LogP contribution >= 0.6 is 15.9 Å². The van der Waals surface area contributed by atoms with E-state index in [9.17, 15) is 8.78 Å². The second-order valence-electron chi connectivity index (χ2n) is 5.71. The molecule has 2 rings (SSSR count). The molecule has 1 aliphatic rings. The van der Waals surface area contributed by atoms with Crippen LogP contribution in [-0.2, 0) is 6.42 Å². The highest BCUT2D eigenvalue weighted by Crippen LogP contribution is 2.27. The summed E-state index contributed by atoms with van der Waals surface area (Å²) < 4.78 is 28.1. The van der Waals surface area contributed by atoms with Crippen molar-refractivity contribution < 1.29 is 8.78 Å². The Balaban J connectivity index is 2.09. The fraction of sp³-hybridized carbons (Fsp3) is 0.600. The van der Waals surface area contributed by atoms with E-state index in [4.69, 9.17) is 0 Å². The van der Waals surface area contributed by atoms with Gasteiger partial charge in [-0.1, -0.05) is 13.8 Å². The molecule has 1 unspecified atom stereocenters. The number of hydrogen-bond donors (Lipinski definition) is 1. The molecule has 1 saturated carbocycles. The van der Waals surface area contributed by atoms with Gasteiger partial charge in [0, 0.05) is 11.6 Å². The summed E-state index contributed by atoms with van der Waals surface area (Å²) in [5.74, 6) is -0.266. The largest absolute Gasteiger partial charge is 0.314 e. The molecule has 0 aromatic heterocycles. The van der Waals surface area contributed by atoms with Crippen molar-refractivity contribution in [1.29, 1.82) is 0 Å². The molecule has 0 spiro atoms. The second-order valence-corrected chi connectivity index (χ2v) is 6.57. The highest BCUT2D eigenvalue weighted by molar-refractivity contribution is 9.10. The van der Waals surface area contributed by atoms with E-state index < -0.39 is 11.6 Å². The minimum atomic E-state index is -0.461. The van der Waals surface area contributed by atoms with Gasteiger partial charge in [0.15, 0.2) is 0 Å². The van der Waals surface area contributed by atoms with Gasteiger partial charge in [0.25, 0.3) is 0 Å². The molecular formula is C15H20BrF2N. The molecule has 1 nitrogen and oxygen atoms in total. The molecule has 1 aromatic carbocycles. The van der Waals surface area contributed by atoms with Crippen LogP contribution in [0, 0.1) is 23.5 Å². The lowest BCUT2D eigenvalue weighted by molar-refractivity contribution is 0.350. The van der Waals surface area contributed by atoms with Crippen molar-refractivity contribution in [3.8, 4) is 0 Å². The maximum atomic E-state index is 14.0. The van der Waals surface area contributed by atoms with Crippen LogP contribution in [0.15, 0.2) is 16.6 Å². The van der Waals surface area contributed by atoms with Crippen molar-refractivity contribution in [3.63, 3.8) is 0 Å². The number of halogens is 3. The van der Waals surface area contributed by atoms with E-state index in [1.165, 1.54) is 25.0 Å². The standard InChI is InChI=1S/C15H20BrF2N/c1-9(2)10(8-19-11-3-4-11)7-12-14(17)6-5-13(16)15(12)18/h5-6,9-11,19H,3-4,7-8H2,1-2H3. The number of hydrogen-bond acceptors (Lipinski definition) is 1. The van der Waals surface area contributed by atoms with Crippen LogP contribution in [0.3, 0.4) is 0 Å². The van der Waals surface area contributed by atoms with Gasteiger partial charge in [0.2, 0.25) is 0 Å². The van der Waals surface area contributed by atoms with Gasteiger partial charge in [0.1, 0.15) is 11.6 Å². The Morgan fingerprint density at radius 3 is 2.58 bits per heavy atom. The lowest BCUT2D eigenvalue weighted by Crippen LogP contribution is -2.29. The topological polar surface area (TPSA) is 12.0 Å². The zero-order valence-electron chi connectivity index (χ0n) is 11.3. The fourth-order valence-electron chi connectivity index (χ4n) is 2.17. The molecule has 0 radical (unpaired) electrons. The average Bonchev–Trinajstić information content (AvgIpc) is 3.17. The van der Waals surface area contributed by atoms with Gasteiger partial charge in [-0.25, -0.2) is 8.78 Å². The van der Waals surface area contributed by atoms with Gasteiger partial charge in [-0.05, 0) is 65.7 Å². The summed E-state index contributed by atoms with van der Waals surface area (Å²) in [4.78, 5) is 0. The number of benzene rings is 1. The Kier molecular flexibility index (Phi) is 4.96. The third kappa shape index (κ3) is 3.99. The Bertz CT molecular complexity index is 444. The minimum Gasteiger partial charge on any atom is -0.314 e. The van der Waals surface area contributed by atoms with Crippen LogP contribution < -0.4 is 5.32 Å². The maximum absolute atomic E-state index is 14.0. The molecule has 1 aromatic rings. The Morgan fingerprint density at radius 1 is 1.32 bits per heavy atom. The second kappa shape index (κ2) is 6.31. The summed E-state index contributed by atoms with van der Waals surface area (Å²) in [5.41, 5.74) is 0.200. The predicted octanol–water partition coefficient (Wildman–Crippen LogP) is 4.29. The smallest absolute Gasteiger partial charge is 0.143 e. The molecule has 0 heterocycles. The lowest BCUT2D eigenvalue weighted by atomic mass is 9.88. The van der Waals surface area contributed by atoms with Gasteiger partial charge >= 0.3 is 0 Å². The molecule has 19 heavy (non-hydrogen) atoms. The molecule has 0 saturated heterocycles. The molecule has 0 amide bonds. The highest BCUT2D eigenvalue weighted by Gasteiger charge is 2.25. The van der Waals surface area contributed by atoms with Gasteiger partial charge in [-0.15, -0.1) is 0 Å². The molecule has 1 fully saturated rings. The van der Waals surface area contributed by atoms with Crippen molar-refractivity contribution in [2.75, 3.05) is 6.54 Å². The summed E-state index contributed by atoms with van der Waals surface area (Å²) in [6, 6.07) is 3.37. The van der Waals surface area contributed by atoms with Crippen LogP contribution in [0.4, 0.5) is 8.78 Å². The summed E-state index contributed by atoms with van der Waals surface area (Å²) in [5, 5.41) is 3.46. The van der Waals surface area contributed by atoms with E-state index in [0.717, 1.165) is 6.54 Å². The van der Waals surface area contributed by atoms with Crippen LogP contribution in [0.5, 0.6) is 0 Å². The SMILES string of the molecule is CC(C)C(CNC1CC1)Cc1c(F)ccc(Br)c1F. The van der Waals surface area contributed by atoms with Crippen molar-refractivity contribution in [2.45, 2.75) is 39.2 Å². The Hall–Kier alpha value is -0.480. The summed E-state index contributed by atoms with van der Waals surface area (Å²) in [6.45, 7) is 5.04. The number of nitrogens with one attached hydrogen (secondary N) is 1. The first kappa shape index (κ1) is 14.9. The minimum absolute atomic E-state index is 0.200. The first-order valence-corrected chi connectivity index (χ1v) is 7.64. The van der Waals surface area contributed by atoms with E-state index in [1.807, 2.05) is 0 Å². The normalized spacial score (nSPS) is 16.9. The summed E-state index contributed by atoms with van der Waals surface area (Å²) in [7, 11) is 0. The Morgan fingerprint density at radius 2 is 2.00 bits per heavy atom. The van der Waals surface area contributed by atoms with E-state index in [1.54, 1.807) is 0 Å². The third-order valence-corrected chi connectivity index (χ3v) is 4.41. The van der Waals surface area contributed by atoms with E-state index in [2.05, 4.69) is 35.1 Å². The predicted molar refractivity (Wildman–Crippen MR) is 77.1 cm³/mol. The first-order valence-electron chi connectivity index (χ1n) is 6.84. The van der Waals surface area contributed by atoms with Gasteiger partial charge in [-0.2, -0.15) is 0 Å². The maximum Gasteiger partial charge on any atom is 0.143 e. The molecule has 4 heteroatoms. The first-order chi connectivity index (χ1) is 8.99. The zero-order valence-corrected chi connectivity index (χ0v) is 12.9. The quantitative estimate of drug-likeness (QED) is 0.766. The van der Waals surface area contributed by atoms with Gasteiger partial charge < -0.3 is 5.32 Å². The molecule has 106 valence electrons. The fourth-order valence-corrected chi connectivity index (χ4v) is 2.54. The lowest BCUT2D eigenvalue weighted by Gasteiger charge is -2.22. The monoisotopic (exact) mass is 331 g/mol. The van der Waals surface area contributed by atoms with Crippen LogP contribution in [-0.4, -0.2) is 12.6 Å². The van der Waals surface area contributed by atoms with Crippen LogP contribution in [0.25, 0.3) is 0 Å². The molecular weight excluding hydrogens is 312 g/mol. The van der Waals surface area contributed by atoms with E-state index >= 15 is 0 Å². The van der Waals surface area contributed by atoms with Crippen LogP contribution in [0.1, 0.15) is 32.3 Å². The molecule has 0 bridgehead atoms. The zero-order chi connectivity index (χ0) is 14.0. The van der Waals surface area contributed by atoms with Gasteiger partial charge in [0.05, 0.1) is 4.47 Å². The van der Waals surface area contributed by atoms with E-state index in [0.29, 0.717) is 22.9 Å². The van der Waals surface area contributed by atoms with Crippen molar-refractivity contribution in [1.82, 2.24) is 5.32 Å². The van der Waals surface area contributed by atoms with Crippen molar-refractivity contribution >= 4 is 15.9 Å². The van der Waals surface area contributed by atoms with Crippen molar-refractivity contribution in [3.05, 3.63) is 33.8 Å². The highest BCUT2D eigenvalue weighted by atomic mass is 79.9. The molecule has 1 aliphatic carbocycles. The Labute approximate surface area is 121 Å². The average molecular weight is 332 g/mol. The molecule has 1 N–H and O–H groups in total. The van der Waals surface area contributed by atoms with Gasteiger partial charge in [-0.3, -0.25) is 0 Å². The van der Waals surface area contributed by atoms with Crippen LogP contribution in [0.2, 0.25) is 0 Å². The summed E-state index contributed by atoms with van der Waals surface area (Å²) in [6.07, 6.45) is 2.89. The molecule has 1 atom stereocenters.